The van der Waals surface area contributed by atoms with Gasteiger partial charge in [0.15, 0.2) is 5.16 Å². The Morgan fingerprint density at radius 1 is 0.966 bits per heavy atom. The second-order valence-corrected chi connectivity index (χ2v) is 8.61. The van der Waals surface area contributed by atoms with Crippen LogP contribution in [0.4, 0.5) is 0 Å². The molecule has 0 spiro atoms. The Hall–Kier alpha value is -1.67. The van der Waals surface area contributed by atoms with E-state index < -0.39 is 0 Å². The molecule has 0 N–H and O–H groups in total. The van der Waals surface area contributed by atoms with E-state index in [4.69, 9.17) is 28.9 Å². The topological polar surface area (TPSA) is 62.7 Å². The van der Waals surface area contributed by atoms with E-state index >= 15 is 0 Å². The van der Waals surface area contributed by atoms with Crippen LogP contribution < -0.4 is 4.74 Å². The fourth-order valence-corrected chi connectivity index (χ4v) is 4.26. The van der Waals surface area contributed by atoms with Crippen LogP contribution in [-0.4, -0.2) is 63.0 Å². The zero-order chi connectivity index (χ0) is 20.7. The molecule has 0 saturated heterocycles. The summed E-state index contributed by atoms with van der Waals surface area (Å²) in [6.45, 7) is 7.16. The van der Waals surface area contributed by atoms with E-state index in [1.807, 2.05) is 0 Å². The molecule has 1 heterocycles. The summed E-state index contributed by atoms with van der Waals surface area (Å²) in [5, 5.41) is 0.712. The third-order valence-electron chi connectivity index (χ3n) is 4.85. The van der Waals surface area contributed by atoms with Crippen molar-refractivity contribution < 1.29 is 18.9 Å². The molecule has 1 aliphatic carbocycles. The maximum atomic E-state index is 6.12. The third-order valence-corrected chi connectivity index (χ3v) is 5.67. The minimum absolute atomic E-state index is 0.119. The molecule has 1 aromatic carbocycles. The number of ether oxygens (including phenoxy) is 4. The first kappa shape index (κ1) is 22.0. The molecule has 3 rings (SSSR count). The van der Waals surface area contributed by atoms with Crippen molar-refractivity contribution in [2.45, 2.75) is 30.8 Å². The number of aromatic nitrogens is 2. The molecule has 7 heteroatoms. The third kappa shape index (κ3) is 5.48. The molecule has 0 fully saturated rings. The highest BCUT2D eigenvalue weighted by molar-refractivity contribution is 7.99. The number of rotatable bonds is 11. The fourth-order valence-electron chi connectivity index (χ4n) is 3.52. The molecule has 6 nitrogen and oxygen atoms in total. The van der Waals surface area contributed by atoms with Gasteiger partial charge in [-0.05, 0) is 12.0 Å². The van der Waals surface area contributed by atoms with Gasteiger partial charge in [-0.15, -0.1) is 0 Å². The van der Waals surface area contributed by atoms with Gasteiger partial charge in [0, 0.05) is 36.5 Å². The predicted octanol–water partition coefficient (Wildman–Crippen LogP) is 3.76. The van der Waals surface area contributed by atoms with Gasteiger partial charge in [-0.2, -0.15) is 4.98 Å². The maximum Gasteiger partial charge on any atom is 0.221 e. The van der Waals surface area contributed by atoms with Crippen molar-refractivity contribution in [1.82, 2.24) is 9.97 Å². The maximum absolute atomic E-state index is 6.12. The van der Waals surface area contributed by atoms with Gasteiger partial charge < -0.3 is 18.9 Å². The Labute approximate surface area is 177 Å². The lowest BCUT2D eigenvalue weighted by Gasteiger charge is -2.34. The Morgan fingerprint density at radius 3 is 2.52 bits per heavy atom. The van der Waals surface area contributed by atoms with Crippen molar-refractivity contribution in [1.29, 1.82) is 0 Å². The average molecular weight is 419 g/mol. The molecule has 0 amide bonds. The van der Waals surface area contributed by atoms with Gasteiger partial charge in [0.2, 0.25) is 5.88 Å². The molecule has 1 aliphatic rings. The van der Waals surface area contributed by atoms with E-state index in [9.17, 15) is 0 Å². The molecule has 0 unspecified atom stereocenters. The monoisotopic (exact) mass is 418 g/mol. The molecule has 1 aromatic heterocycles. The number of fused-ring (bicyclic) bond motifs is 3. The van der Waals surface area contributed by atoms with E-state index in [1.165, 1.54) is 11.1 Å². The number of hydrogen-bond acceptors (Lipinski definition) is 7. The highest BCUT2D eigenvalue weighted by Gasteiger charge is 2.36. The molecule has 0 radical (unpaired) electrons. The minimum atomic E-state index is -0.119. The number of nitrogens with zero attached hydrogens (tertiary/aromatic N) is 2. The fraction of sp³-hybridized carbons (Fsp3) is 0.545. The van der Waals surface area contributed by atoms with Crippen LogP contribution in [0.25, 0.3) is 11.3 Å². The van der Waals surface area contributed by atoms with E-state index in [-0.39, 0.29) is 5.41 Å². The van der Waals surface area contributed by atoms with Gasteiger partial charge in [0.25, 0.3) is 0 Å². The van der Waals surface area contributed by atoms with Crippen LogP contribution in [0.5, 0.6) is 5.88 Å². The summed E-state index contributed by atoms with van der Waals surface area (Å²) < 4.78 is 21.8. The SMILES string of the molecule is COCCOCCOc1nc(SCCOC)nc2c1C(C)(C)Cc1ccccc1-2. The molecule has 158 valence electrons. The van der Waals surface area contributed by atoms with Crippen LogP contribution in [-0.2, 0) is 26.0 Å². The smallest absolute Gasteiger partial charge is 0.221 e. The molecular weight excluding hydrogens is 388 g/mol. The first-order valence-electron chi connectivity index (χ1n) is 9.89. The average Bonchev–Trinajstić information content (AvgIpc) is 2.70. The van der Waals surface area contributed by atoms with Gasteiger partial charge in [-0.3, -0.25) is 0 Å². The predicted molar refractivity (Wildman–Crippen MR) is 115 cm³/mol. The molecular formula is C22H30N2O4S. The normalized spacial score (nSPS) is 14.3. The summed E-state index contributed by atoms with van der Waals surface area (Å²) in [6.07, 6.45) is 0.927. The zero-order valence-corrected chi connectivity index (χ0v) is 18.5. The minimum Gasteiger partial charge on any atom is -0.475 e. The highest BCUT2D eigenvalue weighted by Crippen LogP contribution is 2.46. The van der Waals surface area contributed by atoms with Crippen LogP contribution in [0.3, 0.4) is 0 Å². The number of benzene rings is 1. The summed E-state index contributed by atoms with van der Waals surface area (Å²) in [5.74, 6) is 1.45. The molecule has 0 atom stereocenters. The van der Waals surface area contributed by atoms with Crippen molar-refractivity contribution in [3.05, 3.63) is 35.4 Å². The van der Waals surface area contributed by atoms with E-state index in [1.54, 1.807) is 26.0 Å². The van der Waals surface area contributed by atoms with Crippen molar-refractivity contribution >= 4 is 11.8 Å². The summed E-state index contributed by atoms with van der Waals surface area (Å²) in [7, 11) is 3.36. The zero-order valence-electron chi connectivity index (χ0n) is 17.7. The first-order valence-corrected chi connectivity index (χ1v) is 10.9. The van der Waals surface area contributed by atoms with Gasteiger partial charge in [0.05, 0.1) is 32.1 Å². The van der Waals surface area contributed by atoms with Crippen molar-refractivity contribution in [2.75, 3.05) is 53.0 Å². The second-order valence-electron chi connectivity index (χ2n) is 7.55. The van der Waals surface area contributed by atoms with E-state index in [0.29, 0.717) is 44.1 Å². The molecule has 0 bridgehead atoms. The standard InChI is InChI=1S/C22H30N2O4S/c1-22(2)15-16-7-5-6-8-17(16)19-18(22)20(28-12-11-27-10-9-25-3)24-21(23-19)29-14-13-26-4/h5-8H,9-15H2,1-4H3. The lowest BCUT2D eigenvalue weighted by molar-refractivity contribution is 0.0531. The molecule has 29 heavy (non-hydrogen) atoms. The lowest BCUT2D eigenvalue weighted by atomic mass is 9.72. The van der Waals surface area contributed by atoms with Crippen molar-refractivity contribution in [3.8, 4) is 17.1 Å². The van der Waals surface area contributed by atoms with Gasteiger partial charge >= 0.3 is 0 Å². The lowest BCUT2D eigenvalue weighted by Crippen LogP contribution is -2.28. The van der Waals surface area contributed by atoms with Crippen LogP contribution in [0, 0.1) is 0 Å². The van der Waals surface area contributed by atoms with Gasteiger partial charge in [0.1, 0.15) is 6.61 Å². The quantitative estimate of drug-likeness (QED) is 0.313. The summed E-state index contributed by atoms with van der Waals surface area (Å²) >= 11 is 1.58. The van der Waals surface area contributed by atoms with Crippen LogP contribution in [0.15, 0.2) is 29.4 Å². The Bertz CT molecular complexity index is 813. The van der Waals surface area contributed by atoms with E-state index in [2.05, 4.69) is 38.1 Å². The Balaban J connectivity index is 1.90. The second kappa shape index (κ2) is 10.4. The largest absolute Gasteiger partial charge is 0.475 e. The van der Waals surface area contributed by atoms with E-state index in [0.717, 1.165) is 23.4 Å². The van der Waals surface area contributed by atoms with Crippen LogP contribution in [0.1, 0.15) is 25.0 Å². The van der Waals surface area contributed by atoms with Crippen LogP contribution in [0.2, 0.25) is 0 Å². The Kier molecular flexibility index (Phi) is 7.89. The number of methoxy groups -OCH3 is 2. The summed E-state index contributed by atoms with van der Waals surface area (Å²) in [6, 6.07) is 8.47. The van der Waals surface area contributed by atoms with Crippen LogP contribution >= 0.6 is 11.8 Å². The van der Waals surface area contributed by atoms with Crippen molar-refractivity contribution in [3.63, 3.8) is 0 Å². The Morgan fingerprint density at radius 2 is 1.72 bits per heavy atom. The number of hydrogen-bond donors (Lipinski definition) is 0. The van der Waals surface area contributed by atoms with Gasteiger partial charge in [-0.25, -0.2) is 4.98 Å². The summed E-state index contributed by atoms with van der Waals surface area (Å²) in [4.78, 5) is 9.67. The molecule has 2 aromatic rings. The van der Waals surface area contributed by atoms with Gasteiger partial charge in [-0.1, -0.05) is 49.9 Å². The summed E-state index contributed by atoms with van der Waals surface area (Å²) in [5.41, 5.74) is 4.40. The van der Waals surface area contributed by atoms with Crippen molar-refractivity contribution in [2.24, 2.45) is 0 Å². The number of thioether (sulfide) groups is 1. The highest BCUT2D eigenvalue weighted by atomic mass is 32.2. The molecule has 0 aliphatic heterocycles. The molecule has 0 saturated carbocycles. The first-order chi connectivity index (χ1) is 14.1.